The van der Waals surface area contributed by atoms with E-state index in [1.807, 2.05) is 4.90 Å². The normalized spacial score (nSPS) is 16.8. The highest BCUT2D eigenvalue weighted by atomic mass is 16.3. The van der Waals surface area contributed by atoms with Crippen LogP contribution in [-0.2, 0) is 0 Å². The number of hydrogen-bond donors (Lipinski definition) is 1. The molecule has 1 N–H and O–H groups in total. The highest BCUT2D eigenvalue weighted by Gasteiger charge is 2.22. The van der Waals surface area contributed by atoms with Crippen LogP contribution in [-0.4, -0.2) is 29.0 Å². The molecule has 0 radical (unpaired) electrons. The quantitative estimate of drug-likeness (QED) is 0.891. The maximum Gasteiger partial charge on any atom is 0.253 e. The molecule has 1 aromatic rings. The third-order valence-electron chi connectivity index (χ3n) is 3.71. The average Bonchev–Trinajstić information content (AvgIpc) is 2.40. The standard InChI is InChI=1S/C15H21NO2/c1-2-3-12-8-10-16(11-9-12)15(18)13-4-6-14(17)7-5-13/h4-7,12,17H,2-3,8-11H2,1H3. The van der Waals surface area contributed by atoms with Gasteiger partial charge in [-0.1, -0.05) is 19.8 Å². The first-order valence-corrected chi connectivity index (χ1v) is 6.79. The number of carbonyl (C=O) groups is 1. The van der Waals surface area contributed by atoms with Crippen LogP contribution in [0, 0.1) is 5.92 Å². The molecule has 0 atom stereocenters. The van der Waals surface area contributed by atoms with Gasteiger partial charge in [0.25, 0.3) is 5.91 Å². The lowest BCUT2D eigenvalue weighted by Gasteiger charge is -2.32. The van der Waals surface area contributed by atoms with Crippen molar-refractivity contribution in [2.45, 2.75) is 32.6 Å². The molecule has 98 valence electrons. The van der Waals surface area contributed by atoms with E-state index < -0.39 is 0 Å². The fourth-order valence-corrected chi connectivity index (χ4v) is 2.62. The number of benzene rings is 1. The SMILES string of the molecule is CCCC1CCN(C(=O)c2ccc(O)cc2)CC1. The molecule has 3 heteroatoms. The number of likely N-dealkylation sites (tertiary alicyclic amines) is 1. The van der Waals surface area contributed by atoms with Crippen LogP contribution in [0.1, 0.15) is 43.0 Å². The molecule has 18 heavy (non-hydrogen) atoms. The summed E-state index contributed by atoms with van der Waals surface area (Å²) < 4.78 is 0. The van der Waals surface area contributed by atoms with E-state index >= 15 is 0 Å². The van der Waals surface area contributed by atoms with E-state index in [0.29, 0.717) is 5.56 Å². The fraction of sp³-hybridized carbons (Fsp3) is 0.533. The van der Waals surface area contributed by atoms with Gasteiger partial charge in [-0.3, -0.25) is 4.79 Å². The number of amides is 1. The summed E-state index contributed by atoms with van der Waals surface area (Å²) in [5.74, 6) is 1.08. The summed E-state index contributed by atoms with van der Waals surface area (Å²) in [6.07, 6.45) is 4.76. The smallest absolute Gasteiger partial charge is 0.253 e. The molecular weight excluding hydrogens is 226 g/mol. The zero-order valence-electron chi connectivity index (χ0n) is 10.9. The Labute approximate surface area is 108 Å². The van der Waals surface area contributed by atoms with Crippen LogP contribution in [0.25, 0.3) is 0 Å². The molecule has 1 saturated heterocycles. The van der Waals surface area contributed by atoms with Gasteiger partial charge >= 0.3 is 0 Å². The molecule has 1 fully saturated rings. The first kappa shape index (κ1) is 12.9. The van der Waals surface area contributed by atoms with E-state index in [-0.39, 0.29) is 11.7 Å². The third kappa shape index (κ3) is 3.03. The Hall–Kier alpha value is -1.51. The van der Waals surface area contributed by atoms with Gasteiger partial charge in [0.1, 0.15) is 5.75 Å². The maximum atomic E-state index is 12.2. The fourth-order valence-electron chi connectivity index (χ4n) is 2.62. The summed E-state index contributed by atoms with van der Waals surface area (Å²) in [6.45, 7) is 3.95. The van der Waals surface area contributed by atoms with Crippen LogP contribution in [0.3, 0.4) is 0 Å². The molecule has 0 aromatic heterocycles. The second-order valence-corrected chi connectivity index (χ2v) is 5.07. The van der Waals surface area contributed by atoms with Gasteiger partial charge in [0, 0.05) is 18.7 Å². The average molecular weight is 247 g/mol. The third-order valence-corrected chi connectivity index (χ3v) is 3.71. The Kier molecular flexibility index (Phi) is 4.24. The molecule has 1 heterocycles. The van der Waals surface area contributed by atoms with Crippen molar-refractivity contribution in [1.82, 2.24) is 4.90 Å². The predicted octanol–water partition coefficient (Wildman–Crippen LogP) is 3.04. The van der Waals surface area contributed by atoms with Crippen molar-refractivity contribution in [3.05, 3.63) is 29.8 Å². The number of piperidine rings is 1. The van der Waals surface area contributed by atoms with E-state index in [2.05, 4.69) is 6.92 Å². The van der Waals surface area contributed by atoms with Crippen molar-refractivity contribution in [2.24, 2.45) is 5.92 Å². The summed E-state index contributed by atoms with van der Waals surface area (Å²) in [6, 6.07) is 6.51. The largest absolute Gasteiger partial charge is 0.508 e. The lowest BCUT2D eigenvalue weighted by molar-refractivity contribution is 0.0686. The molecule has 3 nitrogen and oxygen atoms in total. The lowest BCUT2D eigenvalue weighted by Crippen LogP contribution is -2.38. The minimum absolute atomic E-state index is 0.0879. The van der Waals surface area contributed by atoms with Gasteiger partial charge < -0.3 is 10.0 Å². The number of nitrogens with zero attached hydrogens (tertiary/aromatic N) is 1. The van der Waals surface area contributed by atoms with Gasteiger partial charge in [-0.15, -0.1) is 0 Å². The summed E-state index contributed by atoms with van der Waals surface area (Å²) in [5, 5.41) is 9.22. The number of hydrogen-bond acceptors (Lipinski definition) is 2. The van der Waals surface area contributed by atoms with E-state index in [4.69, 9.17) is 0 Å². The van der Waals surface area contributed by atoms with Crippen molar-refractivity contribution < 1.29 is 9.90 Å². The monoisotopic (exact) mass is 247 g/mol. The number of phenols is 1. The maximum absolute atomic E-state index is 12.2. The van der Waals surface area contributed by atoms with Crippen molar-refractivity contribution in [2.75, 3.05) is 13.1 Å². The van der Waals surface area contributed by atoms with Crippen molar-refractivity contribution >= 4 is 5.91 Å². The van der Waals surface area contributed by atoms with E-state index in [1.165, 1.54) is 12.8 Å². The Morgan fingerprint density at radius 1 is 1.28 bits per heavy atom. The summed E-state index contributed by atoms with van der Waals surface area (Å²) in [4.78, 5) is 14.1. The Morgan fingerprint density at radius 3 is 2.44 bits per heavy atom. The number of phenolic OH excluding ortho intramolecular Hbond substituents is 1. The van der Waals surface area contributed by atoms with Gasteiger partial charge in [0.2, 0.25) is 0 Å². The van der Waals surface area contributed by atoms with Crippen LogP contribution in [0.2, 0.25) is 0 Å². The summed E-state index contributed by atoms with van der Waals surface area (Å²) >= 11 is 0. The highest BCUT2D eigenvalue weighted by molar-refractivity contribution is 5.94. The molecule has 1 aliphatic heterocycles. The minimum atomic E-state index is 0.0879. The molecule has 0 bridgehead atoms. The number of aromatic hydroxyl groups is 1. The topological polar surface area (TPSA) is 40.5 Å². The van der Waals surface area contributed by atoms with Crippen LogP contribution >= 0.6 is 0 Å². The zero-order chi connectivity index (χ0) is 13.0. The van der Waals surface area contributed by atoms with E-state index in [9.17, 15) is 9.90 Å². The second kappa shape index (κ2) is 5.89. The molecule has 2 rings (SSSR count). The lowest BCUT2D eigenvalue weighted by atomic mass is 9.92. The van der Waals surface area contributed by atoms with Gasteiger partial charge in [-0.2, -0.15) is 0 Å². The molecule has 0 unspecified atom stereocenters. The Bertz CT molecular complexity index is 391. The molecular formula is C15H21NO2. The van der Waals surface area contributed by atoms with Crippen LogP contribution < -0.4 is 0 Å². The van der Waals surface area contributed by atoms with E-state index in [1.54, 1.807) is 24.3 Å². The van der Waals surface area contributed by atoms with Crippen LogP contribution in [0.15, 0.2) is 24.3 Å². The van der Waals surface area contributed by atoms with Gasteiger partial charge in [0.05, 0.1) is 0 Å². The molecule has 1 aromatic carbocycles. The van der Waals surface area contributed by atoms with E-state index in [0.717, 1.165) is 31.8 Å². The van der Waals surface area contributed by atoms with Crippen LogP contribution in [0.4, 0.5) is 0 Å². The predicted molar refractivity (Wildman–Crippen MR) is 71.6 cm³/mol. The molecule has 1 aliphatic rings. The molecule has 1 amide bonds. The first-order valence-electron chi connectivity index (χ1n) is 6.79. The molecule has 0 saturated carbocycles. The summed E-state index contributed by atoms with van der Waals surface area (Å²) in [7, 11) is 0. The Balaban J connectivity index is 1.93. The second-order valence-electron chi connectivity index (χ2n) is 5.07. The molecule has 0 spiro atoms. The van der Waals surface area contributed by atoms with Crippen molar-refractivity contribution in [1.29, 1.82) is 0 Å². The number of carbonyl (C=O) groups excluding carboxylic acids is 1. The van der Waals surface area contributed by atoms with Crippen LogP contribution in [0.5, 0.6) is 5.75 Å². The first-order chi connectivity index (χ1) is 8.70. The summed E-state index contributed by atoms with van der Waals surface area (Å²) in [5.41, 5.74) is 0.668. The molecule has 0 aliphatic carbocycles. The van der Waals surface area contributed by atoms with Gasteiger partial charge in [0.15, 0.2) is 0 Å². The minimum Gasteiger partial charge on any atom is -0.508 e. The van der Waals surface area contributed by atoms with Gasteiger partial charge in [-0.25, -0.2) is 0 Å². The highest BCUT2D eigenvalue weighted by Crippen LogP contribution is 2.23. The Morgan fingerprint density at radius 2 is 1.89 bits per heavy atom. The zero-order valence-corrected chi connectivity index (χ0v) is 10.9. The number of rotatable bonds is 3. The van der Waals surface area contributed by atoms with Gasteiger partial charge in [-0.05, 0) is 43.0 Å². The van der Waals surface area contributed by atoms with Crippen molar-refractivity contribution in [3.8, 4) is 5.75 Å². The van der Waals surface area contributed by atoms with Crippen molar-refractivity contribution in [3.63, 3.8) is 0 Å².